The van der Waals surface area contributed by atoms with Crippen LogP contribution < -0.4 is 5.32 Å². The molecule has 0 radical (unpaired) electrons. The molecule has 1 saturated heterocycles. The molecule has 1 amide bonds. The summed E-state index contributed by atoms with van der Waals surface area (Å²) >= 11 is 2.46. The molecule has 24 heavy (non-hydrogen) atoms. The smallest absolute Gasteiger partial charge is 0.341 e. The lowest BCUT2D eigenvalue weighted by Crippen LogP contribution is -2.22. The van der Waals surface area contributed by atoms with Gasteiger partial charge in [-0.2, -0.15) is 0 Å². The van der Waals surface area contributed by atoms with Crippen LogP contribution in [0.5, 0.6) is 0 Å². The van der Waals surface area contributed by atoms with E-state index in [0.29, 0.717) is 21.5 Å². The molecule has 1 unspecified atom stereocenters. The number of thiophene rings is 1. The van der Waals surface area contributed by atoms with Gasteiger partial charge in [0.05, 0.1) is 28.9 Å². The number of thioether (sulfide) groups is 1. The van der Waals surface area contributed by atoms with Gasteiger partial charge in [0.25, 0.3) is 0 Å². The van der Waals surface area contributed by atoms with Crippen molar-refractivity contribution in [2.24, 2.45) is 0 Å². The first-order chi connectivity index (χ1) is 11.5. The van der Waals surface area contributed by atoms with Crippen LogP contribution in [0.4, 0.5) is 5.00 Å². The molecule has 1 saturated carbocycles. The Morgan fingerprint density at radius 1 is 1.42 bits per heavy atom. The van der Waals surface area contributed by atoms with Gasteiger partial charge in [0.1, 0.15) is 5.00 Å². The van der Waals surface area contributed by atoms with Gasteiger partial charge in [0, 0.05) is 6.42 Å². The fourth-order valence-electron chi connectivity index (χ4n) is 2.62. The molecule has 0 bridgehead atoms. The number of ketones is 1. The zero-order chi connectivity index (χ0) is 17.3. The van der Waals surface area contributed by atoms with Crippen molar-refractivity contribution < 1.29 is 19.1 Å². The van der Waals surface area contributed by atoms with Crippen LogP contribution >= 0.6 is 23.1 Å². The zero-order valence-corrected chi connectivity index (χ0v) is 14.9. The molecule has 3 rings (SSSR count). The van der Waals surface area contributed by atoms with E-state index < -0.39 is 11.2 Å². The molecular weight excluding hydrogens is 348 g/mol. The van der Waals surface area contributed by atoms with Crippen molar-refractivity contribution >= 4 is 50.8 Å². The van der Waals surface area contributed by atoms with Crippen molar-refractivity contribution in [1.29, 1.82) is 5.41 Å². The Kier molecular flexibility index (Phi) is 5.05. The van der Waals surface area contributed by atoms with Crippen molar-refractivity contribution in [3.8, 4) is 0 Å². The number of rotatable bonds is 6. The van der Waals surface area contributed by atoms with E-state index in [1.807, 2.05) is 5.38 Å². The van der Waals surface area contributed by atoms with E-state index in [1.165, 1.54) is 11.3 Å². The number of carbonyl (C=O) groups excluding carboxylic acids is 3. The van der Waals surface area contributed by atoms with E-state index in [2.05, 4.69) is 5.32 Å². The summed E-state index contributed by atoms with van der Waals surface area (Å²) in [5.74, 6) is -0.441. The van der Waals surface area contributed by atoms with Gasteiger partial charge in [-0.25, -0.2) is 4.79 Å². The van der Waals surface area contributed by atoms with Gasteiger partial charge in [0.2, 0.25) is 5.91 Å². The Balaban J connectivity index is 1.72. The van der Waals surface area contributed by atoms with Crippen molar-refractivity contribution in [2.45, 2.75) is 43.8 Å². The van der Waals surface area contributed by atoms with Gasteiger partial charge in [-0.3, -0.25) is 15.0 Å². The van der Waals surface area contributed by atoms with E-state index in [0.717, 1.165) is 30.2 Å². The van der Waals surface area contributed by atoms with Crippen LogP contribution in [-0.4, -0.2) is 34.6 Å². The van der Waals surface area contributed by atoms with Gasteiger partial charge in [0.15, 0.2) is 5.78 Å². The average molecular weight is 366 g/mol. The SMILES string of the molecule is CCOC(=O)c1c(C2CC2)csc1NC(=O)CC1SC(=N)CC1=O. The maximum absolute atomic E-state index is 12.3. The van der Waals surface area contributed by atoms with Crippen molar-refractivity contribution in [1.82, 2.24) is 0 Å². The minimum absolute atomic E-state index is 0.0187. The molecule has 1 atom stereocenters. The second-order valence-electron chi connectivity index (χ2n) is 5.81. The molecular formula is C16H18N2O4S2. The monoisotopic (exact) mass is 366 g/mol. The first kappa shape index (κ1) is 17.2. The molecule has 1 aliphatic heterocycles. The highest BCUT2D eigenvalue weighted by atomic mass is 32.2. The Bertz CT molecular complexity index is 709. The molecule has 2 fully saturated rings. The number of ether oxygens (including phenoxy) is 1. The third-order valence-corrected chi connectivity index (χ3v) is 5.97. The van der Waals surface area contributed by atoms with Crippen LogP contribution in [0.2, 0.25) is 0 Å². The lowest BCUT2D eigenvalue weighted by atomic mass is 10.1. The topological polar surface area (TPSA) is 96.3 Å². The molecule has 0 aromatic carbocycles. The standard InChI is InChI=1S/C16H18N2O4S2/c1-2-22-16(21)14-9(8-3-4-8)7-23-15(14)18-13(20)6-11-10(19)5-12(17)24-11/h7-8,11,17H,2-6H2,1H3,(H,18,20). The summed E-state index contributed by atoms with van der Waals surface area (Å²) in [6.07, 6.45) is 2.23. The van der Waals surface area contributed by atoms with Crippen LogP contribution in [0.1, 0.15) is 54.4 Å². The lowest BCUT2D eigenvalue weighted by molar-refractivity contribution is -0.121. The van der Waals surface area contributed by atoms with E-state index in [-0.39, 0.29) is 31.1 Å². The summed E-state index contributed by atoms with van der Waals surface area (Å²) in [6.45, 7) is 2.03. The van der Waals surface area contributed by atoms with Crippen LogP contribution in [0, 0.1) is 5.41 Å². The average Bonchev–Trinajstić information content (AvgIpc) is 3.20. The molecule has 8 heteroatoms. The maximum Gasteiger partial charge on any atom is 0.341 e. The number of anilines is 1. The summed E-state index contributed by atoms with van der Waals surface area (Å²) in [7, 11) is 0. The summed E-state index contributed by atoms with van der Waals surface area (Å²) in [5, 5.41) is 12.5. The predicted molar refractivity (Wildman–Crippen MR) is 94.2 cm³/mol. The quantitative estimate of drug-likeness (QED) is 0.754. The Hall–Kier alpha value is -1.67. The summed E-state index contributed by atoms with van der Waals surface area (Å²) in [5.41, 5.74) is 1.40. The number of hydrogen-bond donors (Lipinski definition) is 2. The Morgan fingerprint density at radius 2 is 2.17 bits per heavy atom. The zero-order valence-electron chi connectivity index (χ0n) is 13.2. The Labute approximate surface area is 147 Å². The second-order valence-corrected chi connectivity index (χ2v) is 7.99. The van der Waals surface area contributed by atoms with Crippen LogP contribution in [-0.2, 0) is 14.3 Å². The normalized spacial score (nSPS) is 20.3. The van der Waals surface area contributed by atoms with Gasteiger partial charge < -0.3 is 10.1 Å². The molecule has 2 heterocycles. The second kappa shape index (κ2) is 7.06. The predicted octanol–water partition coefficient (Wildman–Crippen LogP) is 3.18. The molecule has 1 aromatic rings. The summed E-state index contributed by atoms with van der Waals surface area (Å²) in [4.78, 5) is 36.2. The third kappa shape index (κ3) is 3.70. The molecule has 2 aliphatic rings. The molecule has 6 nitrogen and oxygen atoms in total. The molecule has 1 aliphatic carbocycles. The number of esters is 1. The van der Waals surface area contributed by atoms with Crippen molar-refractivity contribution in [3.05, 3.63) is 16.5 Å². The number of hydrogen-bond acceptors (Lipinski definition) is 7. The fourth-order valence-corrected chi connectivity index (χ4v) is 4.69. The lowest BCUT2D eigenvalue weighted by Gasteiger charge is -2.10. The third-order valence-electron chi connectivity index (χ3n) is 3.92. The van der Waals surface area contributed by atoms with E-state index in [1.54, 1.807) is 6.92 Å². The van der Waals surface area contributed by atoms with Gasteiger partial charge in [-0.05, 0) is 36.6 Å². The van der Waals surface area contributed by atoms with Crippen molar-refractivity contribution in [2.75, 3.05) is 11.9 Å². The molecule has 0 spiro atoms. The van der Waals surface area contributed by atoms with E-state index in [4.69, 9.17) is 10.1 Å². The number of carbonyl (C=O) groups is 3. The van der Waals surface area contributed by atoms with Crippen LogP contribution in [0.25, 0.3) is 0 Å². The summed E-state index contributed by atoms with van der Waals surface area (Å²) in [6, 6.07) is 0. The first-order valence-corrected chi connectivity index (χ1v) is 9.60. The van der Waals surface area contributed by atoms with Gasteiger partial charge in [-0.15, -0.1) is 11.3 Å². The van der Waals surface area contributed by atoms with Crippen LogP contribution in [0.3, 0.4) is 0 Å². The van der Waals surface area contributed by atoms with Crippen LogP contribution in [0.15, 0.2) is 5.38 Å². The van der Waals surface area contributed by atoms with Crippen molar-refractivity contribution in [3.63, 3.8) is 0 Å². The van der Waals surface area contributed by atoms with Gasteiger partial charge >= 0.3 is 5.97 Å². The molecule has 128 valence electrons. The molecule has 1 aromatic heterocycles. The number of nitrogens with one attached hydrogen (secondary N) is 2. The minimum atomic E-state index is -0.494. The highest BCUT2D eigenvalue weighted by molar-refractivity contribution is 8.15. The number of amides is 1. The molecule has 2 N–H and O–H groups in total. The number of Topliss-reactive ketones (excluding diaryl/α,β-unsaturated/α-hetero) is 1. The first-order valence-electron chi connectivity index (χ1n) is 7.84. The summed E-state index contributed by atoms with van der Waals surface area (Å²) < 4.78 is 5.12. The maximum atomic E-state index is 12.3. The minimum Gasteiger partial charge on any atom is -0.462 e. The Morgan fingerprint density at radius 3 is 2.75 bits per heavy atom. The highest BCUT2D eigenvalue weighted by Crippen LogP contribution is 2.46. The highest BCUT2D eigenvalue weighted by Gasteiger charge is 2.34. The fraction of sp³-hybridized carbons (Fsp3) is 0.500. The van der Waals surface area contributed by atoms with E-state index >= 15 is 0 Å². The van der Waals surface area contributed by atoms with Gasteiger partial charge in [-0.1, -0.05) is 11.8 Å². The van der Waals surface area contributed by atoms with E-state index in [9.17, 15) is 14.4 Å². The largest absolute Gasteiger partial charge is 0.462 e.